The van der Waals surface area contributed by atoms with Gasteiger partial charge in [0.05, 0.1) is 0 Å². The zero-order chi connectivity index (χ0) is 15.5. The van der Waals surface area contributed by atoms with Gasteiger partial charge in [-0.1, -0.05) is 48.0 Å². The van der Waals surface area contributed by atoms with E-state index in [1.54, 1.807) is 0 Å². The van der Waals surface area contributed by atoms with Crippen LogP contribution in [0, 0.1) is 6.92 Å². The average molecular weight is 294 g/mol. The lowest BCUT2D eigenvalue weighted by Gasteiger charge is -2.31. The molecule has 22 heavy (non-hydrogen) atoms. The van der Waals surface area contributed by atoms with Crippen LogP contribution in [0.25, 0.3) is 11.1 Å². The first-order valence-electron chi connectivity index (χ1n) is 7.86. The molecule has 0 aromatic heterocycles. The number of rotatable bonds is 2. The first-order valence-corrected chi connectivity index (χ1v) is 7.86. The van der Waals surface area contributed by atoms with E-state index in [2.05, 4.69) is 25.1 Å². The van der Waals surface area contributed by atoms with Gasteiger partial charge in [0, 0.05) is 24.7 Å². The summed E-state index contributed by atoms with van der Waals surface area (Å²) in [5.74, 6) is 0.0901. The van der Waals surface area contributed by atoms with Gasteiger partial charge in [0.2, 0.25) is 0 Å². The van der Waals surface area contributed by atoms with Crippen molar-refractivity contribution < 1.29 is 4.79 Å². The number of amides is 1. The Morgan fingerprint density at radius 1 is 1.18 bits per heavy atom. The van der Waals surface area contributed by atoms with Crippen molar-refractivity contribution in [2.45, 2.75) is 25.8 Å². The van der Waals surface area contributed by atoms with E-state index < -0.39 is 0 Å². The minimum absolute atomic E-state index is 0.0901. The molecule has 1 aliphatic rings. The van der Waals surface area contributed by atoms with Gasteiger partial charge in [-0.05, 0) is 37.0 Å². The molecule has 0 aliphatic carbocycles. The van der Waals surface area contributed by atoms with Gasteiger partial charge < -0.3 is 10.6 Å². The molecular weight excluding hydrogens is 272 g/mol. The number of nitrogens with zero attached hydrogens (tertiary/aromatic N) is 1. The van der Waals surface area contributed by atoms with Crippen molar-refractivity contribution in [3.05, 3.63) is 59.7 Å². The second-order valence-corrected chi connectivity index (χ2v) is 6.07. The topological polar surface area (TPSA) is 46.3 Å². The summed E-state index contributed by atoms with van der Waals surface area (Å²) >= 11 is 0. The first-order chi connectivity index (χ1) is 10.6. The second kappa shape index (κ2) is 6.32. The van der Waals surface area contributed by atoms with Gasteiger partial charge in [-0.15, -0.1) is 0 Å². The van der Waals surface area contributed by atoms with E-state index in [4.69, 9.17) is 5.73 Å². The van der Waals surface area contributed by atoms with Gasteiger partial charge >= 0.3 is 0 Å². The summed E-state index contributed by atoms with van der Waals surface area (Å²) in [4.78, 5) is 14.8. The Balaban J connectivity index is 1.96. The molecule has 0 spiro atoms. The highest BCUT2D eigenvalue weighted by Crippen LogP contribution is 2.26. The van der Waals surface area contributed by atoms with Crippen LogP contribution in [0.4, 0.5) is 0 Å². The molecule has 0 radical (unpaired) electrons. The summed E-state index contributed by atoms with van der Waals surface area (Å²) in [6.07, 6.45) is 1.99. The summed E-state index contributed by atoms with van der Waals surface area (Å²) in [5.41, 5.74) is 10.1. The van der Waals surface area contributed by atoms with Crippen molar-refractivity contribution in [2.75, 3.05) is 13.1 Å². The predicted octanol–water partition coefficient (Wildman–Crippen LogP) is 3.23. The van der Waals surface area contributed by atoms with E-state index in [-0.39, 0.29) is 11.9 Å². The van der Waals surface area contributed by atoms with Crippen LogP contribution in [0.2, 0.25) is 0 Å². The lowest BCUT2D eigenvalue weighted by Crippen LogP contribution is -2.45. The maximum atomic E-state index is 12.9. The number of likely N-dealkylation sites (tertiary alicyclic amines) is 1. The fourth-order valence-corrected chi connectivity index (χ4v) is 3.10. The molecule has 2 aromatic carbocycles. The van der Waals surface area contributed by atoms with Gasteiger partial charge in [-0.25, -0.2) is 0 Å². The standard InChI is InChI=1S/C19H22N2O/c1-14-6-4-7-15(12-14)17-9-2-3-10-18(17)19(22)21-11-5-8-16(20)13-21/h2-4,6-7,9-10,12,16H,5,8,11,13,20H2,1H3/t16-/m1/s1. The summed E-state index contributed by atoms with van der Waals surface area (Å²) in [7, 11) is 0. The zero-order valence-electron chi connectivity index (χ0n) is 13.0. The van der Waals surface area contributed by atoms with Crippen molar-refractivity contribution in [1.29, 1.82) is 0 Å². The lowest BCUT2D eigenvalue weighted by molar-refractivity contribution is 0.0709. The maximum absolute atomic E-state index is 12.9. The second-order valence-electron chi connectivity index (χ2n) is 6.07. The Hall–Kier alpha value is -2.13. The summed E-state index contributed by atoms with van der Waals surface area (Å²) in [5, 5.41) is 0. The van der Waals surface area contributed by atoms with Crippen LogP contribution in [0.1, 0.15) is 28.8 Å². The monoisotopic (exact) mass is 294 g/mol. The van der Waals surface area contributed by atoms with Crippen LogP contribution in [-0.2, 0) is 0 Å². The van der Waals surface area contributed by atoms with Gasteiger partial charge in [-0.3, -0.25) is 4.79 Å². The van der Waals surface area contributed by atoms with Crippen molar-refractivity contribution in [2.24, 2.45) is 5.73 Å². The molecule has 3 rings (SSSR count). The van der Waals surface area contributed by atoms with E-state index in [1.807, 2.05) is 35.2 Å². The molecule has 114 valence electrons. The number of aryl methyl sites for hydroxylation is 1. The molecule has 0 bridgehead atoms. The highest BCUT2D eigenvalue weighted by molar-refractivity contribution is 6.01. The van der Waals surface area contributed by atoms with Crippen LogP contribution in [0.15, 0.2) is 48.5 Å². The molecule has 1 heterocycles. The first kappa shape index (κ1) is 14.8. The fourth-order valence-electron chi connectivity index (χ4n) is 3.10. The third-order valence-corrected chi connectivity index (χ3v) is 4.23. The van der Waals surface area contributed by atoms with Crippen LogP contribution < -0.4 is 5.73 Å². The minimum Gasteiger partial charge on any atom is -0.337 e. The SMILES string of the molecule is Cc1cccc(-c2ccccc2C(=O)N2CCC[C@@H](N)C2)c1. The Kier molecular flexibility index (Phi) is 4.25. The number of nitrogens with two attached hydrogens (primary N) is 1. The number of piperidine rings is 1. The molecule has 3 heteroatoms. The number of carbonyl (C=O) groups is 1. The molecule has 0 unspecified atom stereocenters. The lowest BCUT2D eigenvalue weighted by atomic mass is 9.96. The van der Waals surface area contributed by atoms with Gasteiger partial charge in [0.15, 0.2) is 0 Å². The van der Waals surface area contributed by atoms with Crippen LogP contribution in [0.5, 0.6) is 0 Å². The minimum atomic E-state index is 0.0901. The Morgan fingerprint density at radius 3 is 2.77 bits per heavy atom. The summed E-state index contributed by atoms with van der Waals surface area (Å²) < 4.78 is 0. The van der Waals surface area contributed by atoms with Crippen molar-refractivity contribution >= 4 is 5.91 Å². The summed E-state index contributed by atoms with van der Waals surface area (Å²) in [6, 6.07) is 16.2. The number of benzene rings is 2. The molecule has 2 aromatic rings. The zero-order valence-corrected chi connectivity index (χ0v) is 13.0. The summed E-state index contributed by atoms with van der Waals surface area (Å²) in [6.45, 7) is 3.52. The molecule has 1 amide bonds. The predicted molar refractivity (Wildman–Crippen MR) is 89.7 cm³/mol. The Morgan fingerprint density at radius 2 is 2.00 bits per heavy atom. The quantitative estimate of drug-likeness (QED) is 0.924. The van der Waals surface area contributed by atoms with E-state index >= 15 is 0 Å². The van der Waals surface area contributed by atoms with E-state index in [1.165, 1.54) is 5.56 Å². The largest absolute Gasteiger partial charge is 0.337 e. The third-order valence-electron chi connectivity index (χ3n) is 4.23. The highest BCUT2D eigenvalue weighted by Gasteiger charge is 2.24. The van der Waals surface area contributed by atoms with Crippen LogP contribution in [-0.4, -0.2) is 29.9 Å². The third kappa shape index (κ3) is 3.04. The van der Waals surface area contributed by atoms with Crippen molar-refractivity contribution in [1.82, 2.24) is 4.90 Å². The number of hydrogen-bond acceptors (Lipinski definition) is 2. The van der Waals surface area contributed by atoms with E-state index in [0.717, 1.165) is 36.1 Å². The van der Waals surface area contributed by atoms with E-state index in [0.29, 0.717) is 6.54 Å². The van der Waals surface area contributed by atoms with Gasteiger partial charge in [0.1, 0.15) is 0 Å². The van der Waals surface area contributed by atoms with Crippen LogP contribution in [0.3, 0.4) is 0 Å². The molecule has 1 fully saturated rings. The van der Waals surface area contributed by atoms with Gasteiger partial charge in [0.25, 0.3) is 5.91 Å². The Bertz CT molecular complexity index is 681. The molecule has 1 aliphatic heterocycles. The highest BCUT2D eigenvalue weighted by atomic mass is 16.2. The molecular formula is C19H22N2O. The normalized spacial score (nSPS) is 18.3. The van der Waals surface area contributed by atoms with Crippen molar-refractivity contribution in [3.8, 4) is 11.1 Å². The molecule has 1 atom stereocenters. The van der Waals surface area contributed by atoms with Crippen molar-refractivity contribution in [3.63, 3.8) is 0 Å². The smallest absolute Gasteiger partial charge is 0.254 e. The Labute approximate surface area is 131 Å². The fraction of sp³-hybridized carbons (Fsp3) is 0.316. The number of carbonyl (C=O) groups excluding carboxylic acids is 1. The molecule has 1 saturated heterocycles. The average Bonchev–Trinajstić information content (AvgIpc) is 2.54. The van der Waals surface area contributed by atoms with Crippen LogP contribution >= 0.6 is 0 Å². The van der Waals surface area contributed by atoms with E-state index in [9.17, 15) is 4.79 Å². The molecule has 3 nitrogen and oxygen atoms in total. The molecule has 2 N–H and O–H groups in total. The molecule has 0 saturated carbocycles. The van der Waals surface area contributed by atoms with Gasteiger partial charge in [-0.2, -0.15) is 0 Å². The maximum Gasteiger partial charge on any atom is 0.254 e. The number of hydrogen-bond donors (Lipinski definition) is 1.